The first kappa shape index (κ1) is 5.52. The highest BCUT2D eigenvalue weighted by molar-refractivity contribution is 4.42. The van der Waals surface area contributed by atoms with Gasteiger partial charge in [-0.2, -0.15) is 5.48 Å². The molecule has 0 rings (SSSR count). The van der Waals surface area contributed by atoms with E-state index in [0.29, 0.717) is 0 Å². The summed E-state index contributed by atoms with van der Waals surface area (Å²) in [7, 11) is 0. The van der Waals surface area contributed by atoms with Gasteiger partial charge in [0.1, 0.15) is 0 Å². The normalized spacial score (nSPS) is 13.7. The summed E-state index contributed by atoms with van der Waals surface area (Å²) < 4.78 is 0. The Morgan fingerprint density at radius 2 is 2.50 bits per heavy atom. The second-order valence-electron chi connectivity index (χ2n) is 0.910. The van der Waals surface area contributed by atoms with Gasteiger partial charge in [-0.05, 0) is 12.1 Å². The Morgan fingerprint density at radius 3 is 2.50 bits per heavy atom. The first-order chi connectivity index (χ1) is 2.81. The molecule has 0 spiro atoms. The Bertz CT molecular complexity index is 46.8. The molecular formula is C2H6N2O2. The Kier molecular flexibility index (Phi) is 2.52. The average Bonchev–Trinajstić information content (AvgIpc) is 1.65. The molecule has 2 N–H and O–H groups in total. The van der Waals surface area contributed by atoms with Gasteiger partial charge in [-0.3, -0.25) is 0 Å². The van der Waals surface area contributed by atoms with Crippen molar-refractivity contribution in [2.75, 3.05) is 0 Å². The van der Waals surface area contributed by atoms with Crippen molar-refractivity contribution in [2.45, 2.75) is 13.1 Å². The van der Waals surface area contributed by atoms with Crippen LogP contribution in [0.1, 0.15) is 6.92 Å². The second-order valence-corrected chi connectivity index (χ2v) is 0.910. The van der Waals surface area contributed by atoms with E-state index >= 15 is 0 Å². The van der Waals surface area contributed by atoms with Crippen LogP contribution in [0, 0.1) is 4.91 Å². The fourth-order valence-electron chi connectivity index (χ4n) is 0.0236. The number of hydrogen-bond acceptors (Lipinski definition) is 4. The summed E-state index contributed by atoms with van der Waals surface area (Å²) in [6, 6.07) is 0. The smallest absolute Gasteiger partial charge is 0.160 e. The van der Waals surface area contributed by atoms with Crippen LogP contribution in [0.4, 0.5) is 0 Å². The maximum Gasteiger partial charge on any atom is 0.160 e. The van der Waals surface area contributed by atoms with Gasteiger partial charge in [0.15, 0.2) is 6.17 Å². The Balaban J connectivity index is 2.96. The van der Waals surface area contributed by atoms with Crippen LogP contribution in [-0.2, 0) is 0 Å². The maximum absolute atomic E-state index is 9.26. The Hall–Kier alpha value is -0.480. The van der Waals surface area contributed by atoms with Crippen LogP contribution in [-0.4, -0.2) is 11.4 Å². The van der Waals surface area contributed by atoms with E-state index in [9.17, 15) is 4.91 Å². The predicted molar refractivity (Wildman–Crippen MR) is 20.2 cm³/mol. The first-order valence-electron chi connectivity index (χ1n) is 1.53. The summed E-state index contributed by atoms with van der Waals surface area (Å²) in [5.41, 5.74) is 1.64. The van der Waals surface area contributed by atoms with E-state index in [4.69, 9.17) is 5.21 Å². The minimum atomic E-state index is -0.690. The number of hydrogen-bond donors (Lipinski definition) is 2. The standard InChI is InChI=1S/C2H6N2O2/c1-2(3-5)4-6/h2-3,5H,1H3. The van der Waals surface area contributed by atoms with Crippen molar-refractivity contribution in [3.8, 4) is 0 Å². The molecule has 36 valence electrons. The number of nitrogens with one attached hydrogen (secondary N) is 1. The molecule has 0 heterocycles. The van der Waals surface area contributed by atoms with Crippen molar-refractivity contribution < 1.29 is 5.21 Å². The summed E-state index contributed by atoms with van der Waals surface area (Å²) in [5, 5.41) is 10.2. The molecule has 0 aliphatic carbocycles. The molecule has 4 heteroatoms. The lowest BCUT2D eigenvalue weighted by Gasteiger charge is -1.91. The fourth-order valence-corrected chi connectivity index (χ4v) is 0.0236. The number of nitrogens with zero attached hydrogens (tertiary/aromatic N) is 1. The summed E-state index contributed by atoms with van der Waals surface area (Å²) in [4.78, 5) is 9.26. The Labute approximate surface area is 35.1 Å². The summed E-state index contributed by atoms with van der Waals surface area (Å²) in [6.07, 6.45) is -0.690. The van der Waals surface area contributed by atoms with E-state index in [2.05, 4.69) is 5.18 Å². The molecule has 0 aromatic heterocycles. The van der Waals surface area contributed by atoms with E-state index < -0.39 is 6.17 Å². The van der Waals surface area contributed by atoms with Gasteiger partial charge in [0.2, 0.25) is 0 Å². The zero-order chi connectivity index (χ0) is 4.99. The van der Waals surface area contributed by atoms with Crippen LogP contribution in [0.3, 0.4) is 0 Å². The highest BCUT2D eigenvalue weighted by atomic mass is 16.5. The van der Waals surface area contributed by atoms with Crippen molar-refractivity contribution >= 4 is 0 Å². The molecular weight excluding hydrogens is 84.0 g/mol. The molecule has 0 aliphatic rings. The maximum atomic E-state index is 9.26. The van der Waals surface area contributed by atoms with Crippen LogP contribution in [0.5, 0.6) is 0 Å². The highest BCUT2D eigenvalue weighted by Crippen LogP contribution is 1.74. The molecule has 0 saturated heterocycles. The third-order valence-electron chi connectivity index (χ3n) is 0.345. The molecule has 0 aromatic rings. The van der Waals surface area contributed by atoms with Crippen LogP contribution >= 0.6 is 0 Å². The Morgan fingerprint density at radius 1 is 2.00 bits per heavy atom. The highest BCUT2D eigenvalue weighted by Gasteiger charge is 1.89. The molecule has 6 heavy (non-hydrogen) atoms. The molecule has 0 amide bonds. The van der Waals surface area contributed by atoms with Crippen LogP contribution in [0.15, 0.2) is 5.18 Å². The van der Waals surface area contributed by atoms with Gasteiger partial charge in [0.25, 0.3) is 0 Å². The summed E-state index contributed by atoms with van der Waals surface area (Å²) >= 11 is 0. The van der Waals surface area contributed by atoms with Crippen molar-refractivity contribution in [2.24, 2.45) is 5.18 Å². The van der Waals surface area contributed by atoms with Gasteiger partial charge < -0.3 is 5.21 Å². The minimum Gasteiger partial charge on any atom is -0.315 e. The number of nitroso groups, excluding NO2 is 1. The van der Waals surface area contributed by atoms with Gasteiger partial charge >= 0.3 is 0 Å². The van der Waals surface area contributed by atoms with Crippen molar-refractivity contribution in [1.82, 2.24) is 5.48 Å². The lowest BCUT2D eigenvalue weighted by molar-refractivity contribution is 0.135. The number of hydroxylamine groups is 1. The molecule has 1 unspecified atom stereocenters. The topological polar surface area (TPSA) is 61.7 Å². The molecule has 0 bridgehead atoms. The van der Waals surface area contributed by atoms with E-state index in [-0.39, 0.29) is 0 Å². The van der Waals surface area contributed by atoms with E-state index in [1.807, 2.05) is 0 Å². The molecule has 0 aromatic carbocycles. The molecule has 1 atom stereocenters. The summed E-state index contributed by atoms with van der Waals surface area (Å²) in [6.45, 7) is 1.44. The van der Waals surface area contributed by atoms with Gasteiger partial charge in [-0.15, -0.1) is 4.91 Å². The van der Waals surface area contributed by atoms with E-state index in [1.165, 1.54) is 6.92 Å². The van der Waals surface area contributed by atoms with Crippen LogP contribution in [0.2, 0.25) is 0 Å². The summed E-state index contributed by atoms with van der Waals surface area (Å²) in [5.74, 6) is 0. The molecule has 0 fully saturated rings. The van der Waals surface area contributed by atoms with E-state index in [0.717, 1.165) is 0 Å². The van der Waals surface area contributed by atoms with Crippen molar-refractivity contribution in [3.63, 3.8) is 0 Å². The van der Waals surface area contributed by atoms with Gasteiger partial charge in [-0.1, -0.05) is 0 Å². The second kappa shape index (κ2) is 2.74. The van der Waals surface area contributed by atoms with Gasteiger partial charge in [-0.25, -0.2) is 0 Å². The fraction of sp³-hybridized carbons (Fsp3) is 1.00. The minimum absolute atomic E-state index is 0.690. The van der Waals surface area contributed by atoms with Crippen LogP contribution < -0.4 is 5.48 Å². The number of rotatable bonds is 2. The quantitative estimate of drug-likeness (QED) is 0.372. The van der Waals surface area contributed by atoms with Crippen LogP contribution in [0.25, 0.3) is 0 Å². The lowest BCUT2D eigenvalue weighted by atomic mass is 10.7. The molecule has 0 aliphatic heterocycles. The zero-order valence-corrected chi connectivity index (χ0v) is 3.38. The first-order valence-corrected chi connectivity index (χ1v) is 1.53. The van der Waals surface area contributed by atoms with Gasteiger partial charge in [0.05, 0.1) is 0 Å². The SMILES string of the molecule is CC(N=O)NO. The van der Waals surface area contributed by atoms with Crippen molar-refractivity contribution in [1.29, 1.82) is 0 Å². The van der Waals surface area contributed by atoms with Gasteiger partial charge in [0, 0.05) is 0 Å². The lowest BCUT2D eigenvalue weighted by Crippen LogP contribution is -2.17. The largest absolute Gasteiger partial charge is 0.315 e. The third kappa shape index (κ3) is 1.80. The average molecular weight is 90.1 g/mol. The molecule has 4 nitrogen and oxygen atoms in total. The zero-order valence-electron chi connectivity index (χ0n) is 3.38. The van der Waals surface area contributed by atoms with E-state index in [1.54, 1.807) is 5.48 Å². The predicted octanol–water partition coefficient (Wildman–Crippen LogP) is 0.0776. The molecule has 0 saturated carbocycles. The monoisotopic (exact) mass is 90.0 g/mol. The molecule has 0 radical (unpaired) electrons. The van der Waals surface area contributed by atoms with Crippen molar-refractivity contribution in [3.05, 3.63) is 4.91 Å². The third-order valence-corrected chi connectivity index (χ3v) is 0.345.